The Morgan fingerprint density at radius 3 is 2.80 bits per heavy atom. The van der Waals surface area contributed by atoms with E-state index in [-0.39, 0.29) is 18.5 Å². The number of esters is 1. The van der Waals surface area contributed by atoms with E-state index in [0.717, 1.165) is 38.4 Å². The van der Waals surface area contributed by atoms with Gasteiger partial charge in [0.2, 0.25) is 0 Å². The van der Waals surface area contributed by atoms with Crippen LogP contribution in [-0.4, -0.2) is 61.4 Å². The van der Waals surface area contributed by atoms with E-state index >= 15 is 0 Å². The van der Waals surface area contributed by atoms with Crippen LogP contribution in [0.2, 0.25) is 0 Å². The molecule has 1 saturated heterocycles. The number of hydrogen-bond acceptors (Lipinski definition) is 5. The molecule has 3 atom stereocenters. The summed E-state index contributed by atoms with van der Waals surface area (Å²) in [5.74, 6) is 0.692. The van der Waals surface area contributed by atoms with Crippen molar-refractivity contribution in [1.29, 1.82) is 0 Å². The van der Waals surface area contributed by atoms with Gasteiger partial charge >= 0.3 is 5.97 Å². The van der Waals surface area contributed by atoms with Crippen LogP contribution in [0.5, 0.6) is 0 Å². The number of nitrogens with one attached hydrogen (secondary N) is 1. The Balaban J connectivity index is 1.92. The fourth-order valence-corrected chi connectivity index (χ4v) is 3.21. The minimum Gasteiger partial charge on any atom is -0.469 e. The third kappa shape index (κ3) is 4.17. The van der Waals surface area contributed by atoms with Crippen LogP contribution in [0.25, 0.3) is 0 Å². The fraction of sp³-hybridized carbons (Fsp3) is 0.933. The average Bonchev–Trinajstić information content (AvgIpc) is 3.30. The third-order valence-electron chi connectivity index (χ3n) is 4.66. The second-order valence-corrected chi connectivity index (χ2v) is 6.22. The highest BCUT2D eigenvalue weighted by molar-refractivity contribution is 5.72. The van der Waals surface area contributed by atoms with Gasteiger partial charge in [-0.1, -0.05) is 0 Å². The minimum atomic E-state index is -0.0911. The lowest BCUT2D eigenvalue weighted by Crippen LogP contribution is -2.54. The molecule has 2 aliphatic rings. The number of aliphatic hydroxyl groups excluding tert-OH is 1. The fourth-order valence-electron chi connectivity index (χ4n) is 3.21. The van der Waals surface area contributed by atoms with E-state index in [4.69, 9.17) is 9.84 Å². The molecule has 20 heavy (non-hydrogen) atoms. The second-order valence-electron chi connectivity index (χ2n) is 6.22. The van der Waals surface area contributed by atoms with Crippen molar-refractivity contribution in [2.75, 3.05) is 33.4 Å². The largest absolute Gasteiger partial charge is 0.469 e. The lowest BCUT2D eigenvalue weighted by Gasteiger charge is -2.40. The molecule has 0 spiro atoms. The van der Waals surface area contributed by atoms with Crippen LogP contribution in [0.15, 0.2) is 0 Å². The first-order chi connectivity index (χ1) is 9.65. The molecule has 116 valence electrons. The maximum Gasteiger partial charge on any atom is 0.310 e. The Morgan fingerprint density at radius 1 is 1.45 bits per heavy atom. The van der Waals surface area contributed by atoms with Crippen molar-refractivity contribution in [3.05, 3.63) is 0 Å². The van der Waals surface area contributed by atoms with Gasteiger partial charge in [0.15, 0.2) is 0 Å². The molecule has 0 aromatic heterocycles. The van der Waals surface area contributed by atoms with E-state index in [9.17, 15) is 4.79 Å². The van der Waals surface area contributed by atoms with E-state index < -0.39 is 0 Å². The Kier molecular flexibility index (Phi) is 5.81. The molecule has 3 unspecified atom stereocenters. The number of likely N-dealkylation sites (tertiary alicyclic amines) is 1. The van der Waals surface area contributed by atoms with Crippen molar-refractivity contribution in [2.45, 2.75) is 44.7 Å². The number of aliphatic hydroxyl groups is 1. The molecule has 5 nitrogen and oxygen atoms in total. The van der Waals surface area contributed by atoms with Gasteiger partial charge in [-0.2, -0.15) is 0 Å². The Hall–Kier alpha value is -0.650. The van der Waals surface area contributed by atoms with Crippen molar-refractivity contribution in [2.24, 2.45) is 11.8 Å². The summed E-state index contributed by atoms with van der Waals surface area (Å²) in [6.45, 7) is 5.12. The third-order valence-corrected chi connectivity index (χ3v) is 4.66. The maximum absolute atomic E-state index is 11.9. The number of nitrogens with zero attached hydrogens (tertiary/aromatic N) is 1. The standard InChI is InChI=1S/C15H28N2O3/c1-11(12-4-5-12)17-9-13(15(19)20-2)8-14(10-17)16-6-3-7-18/h11-14,16,18H,3-10H2,1-2H3. The molecule has 0 aromatic carbocycles. The summed E-state index contributed by atoms with van der Waals surface area (Å²) >= 11 is 0. The van der Waals surface area contributed by atoms with Gasteiger partial charge in [0, 0.05) is 31.8 Å². The first-order valence-corrected chi connectivity index (χ1v) is 7.81. The Labute approximate surface area is 121 Å². The molecular formula is C15H28N2O3. The molecule has 2 N–H and O–H groups in total. The lowest BCUT2D eigenvalue weighted by atomic mass is 9.92. The van der Waals surface area contributed by atoms with Gasteiger partial charge in [-0.05, 0) is 45.1 Å². The molecule has 2 rings (SSSR count). The van der Waals surface area contributed by atoms with Crippen molar-refractivity contribution >= 4 is 5.97 Å². The second kappa shape index (κ2) is 7.38. The van der Waals surface area contributed by atoms with Crippen LogP contribution in [-0.2, 0) is 9.53 Å². The molecule has 0 radical (unpaired) electrons. The van der Waals surface area contributed by atoms with Gasteiger partial charge in [-0.25, -0.2) is 0 Å². The summed E-state index contributed by atoms with van der Waals surface area (Å²) < 4.78 is 4.93. The van der Waals surface area contributed by atoms with Crippen molar-refractivity contribution in [1.82, 2.24) is 10.2 Å². The zero-order valence-electron chi connectivity index (χ0n) is 12.7. The summed E-state index contributed by atoms with van der Waals surface area (Å²) in [7, 11) is 1.47. The van der Waals surface area contributed by atoms with E-state index in [0.29, 0.717) is 12.1 Å². The van der Waals surface area contributed by atoms with Crippen LogP contribution >= 0.6 is 0 Å². The molecule has 5 heteroatoms. The van der Waals surface area contributed by atoms with E-state index in [2.05, 4.69) is 17.1 Å². The highest BCUT2D eigenvalue weighted by Crippen LogP contribution is 2.36. The number of methoxy groups -OCH3 is 1. The first kappa shape index (κ1) is 15.7. The number of carbonyl (C=O) groups excluding carboxylic acids is 1. The summed E-state index contributed by atoms with van der Waals surface area (Å²) in [6.07, 6.45) is 4.25. The molecule has 1 aliphatic heterocycles. The van der Waals surface area contributed by atoms with Gasteiger partial charge in [0.05, 0.1) is 13.0 Å². The molecule has 0 bridgehead atoms. The summed E-state index contributed by atoms with van der Waals surface area (Å²) in [4.78, 5) is 14.3. The monoisotopic (exact) mass is 284 g/mol. The van der Waals surface area contributed by atoms with Gasteiger partial charge < -0.3 is 15.2 Å². The number of rotatable bonds is 7. The predicted octanol–water partition coefficient (Wildman–Crippen LogP) is 0.620. The topological polar surface area (TPSA) is 61.8 Å². The lowest BCUT2D eigenvalue weighted by molar-refractivity contribution is -0.148. The van der Waals surface area contributed by atoms with Gasteiger partial charge in [-0.15, -0.1) is 0 Å². The maximum atomic E-state index is 11.9. The van der Waals surface area contributed by atoms with Gasteiger partial charge in [0.25, 0.3) is 0 Å². The summed E-state index contributed by atoms with van der Waals surface area (Å²) in [5, 5.41) is 12.3. The van der Waals surface area contributed by atoms with Gasteiger partial charge in [-0.3, -0.25) is 9.69 Å². The van der Waals surface area contributed by atoms with E-state index in [1.807, 2.05) is 0 Å². The average molecular weight is 284 g/mol. The van der Waals surface area contributed by atoms with Crippen LogP contribution in [0, 0.1) is 11.8 Å². The smallest absolute Gasteiger partial charge is 0.310 e. The number of hydrogen-bond donors (Lipinski definition) is 2. The molecule has 2 fully saturated rings. The normalized spacial score (nSPS) is 29.1. The zero-order chi connectivity index (χ0) is 14.5. The van der Waals surface area contributed by atoms with Crippen molar-refractivity contribution in [3.8, 4) is 0 Å². The van der Waals surface area contributed by atoms with E-state index in [1.165, 1.54) is 20.0 Å². The first-order valence-electron chi connectivity index (χ1n) is 7.81. The zero-order valence-corrected chi connectivity index (χ0v) is 12.7. The van der Waals surface area contributed by atoms with Gasteiger partial charge in [0.1, 0.15) is 0 Å². The number of ether oxygens (including phenoxy) is 1. The molecule has 0 aromatic rings. The Bertz CT molecular complexity index is 320. The highest BCUT2D eigenvalue weighted by atomic mass is 16.5. The van der Waals surface area contributed by atoms with Crippen LogP contribution < -0.4 is 5.32 Å². The highest BCUT2D eigenvalue weighted by Gasteiger charge is 2.38. The Morgan fingerprint density at radius 2 is 2.20 bits per heavy atom. The summed E-state index contributed by atoms with van der Waals surface area (Å²) in [6, 6.07) is 0.880. The van der Waals surface area contributed by atoms with Crippen LogP contribution in [0.3, 0.4) is 0 Å². The number of carbonyl (C=O) groups is 1. The quantitative estimate of drug-likeness (QED) is 0.530. The molecule has 0 amide bonds. The number of piperidine rings is 1. The predicted molar refractivity (Wildman–Crippen MR) is 77.4 cm³/mol. The van der Waals surface area contributed by atoms with E-state index in [1.54, 1.807) is 0 Å². The summed E-state index contributed by atoms with van der Waals surface area (Å²) in [5.41, 5.74) is 0. The van der Waals surface area contributed by atoms with Crippen molar-refractivity contribution < 1.29 is 14.6 Å². The SMILES string of the molecule is COC(=O)C1CC(NCCCO)CN(C(C)C2CC2)C1. The minimum absolute atomic E-state index is 0.0263. The molecule has 1 heterocycles. The van der Waals surface area contributed by atoms with Crippen molar-refractivity contribution in [3.63, 3.8) is 0 Å². The molecule has 1 aliphatic carbocycles. The molecular weight excluding hydrogens is 256 g/mol. The van der Waals surface area contributed by atoms with Crippen LogP contribution in [0.1, 0.15) is 32.6 Å². The molecule has 1 saturated carbocycles. The van der Waals surface area contributed by atoms with Crippen LogP contribution in [0.4, 0.5) is 0 Å².